The van der Waals surface area contributed by atoms with Crippen molar-refractivity contribution in [3.63, 3.8) is 0 Å². The van der Waals surface area contributed by atoms with Crippen molar-refractivity contribution >= 4 is 169 Å². The summed E-state index contributed by atoms with van der Waals surface area (Å²) in [4.78, 5) is 132. The van der Waals surface area contributed by atoms with E-state index < -0.39 is 101 Å². The van der Waals surface area contributed by atoms with Gasteiger partial charge in [0.15, 0.2) is 44.2 Å². The molecule has 16 rings (SSSR count). The molecule has 10 N–H and O–H groups in total. The topological polar surface area (TPSA) is 448 Å². The van der Waals surface area contributed by atoms with Crippen molar-refractivity contribution in [3.05, 3.63) is 261 Å². The molecule has 0 aliphatic carbocycles. The molecular formula is C91H95Cl6F3N18O17S3. The third-order valence-electron chi connectivity index (χ3n) is 22.3. The Morgan fingerprint density at radius 1 is 0.435 bits per heavy atom. The molecule has 8 atom stereocenters. The predicted molar refractivity (Wildman–Crippen MR) is 513 cm³/mol. The number of carbonyl (C=O) groups excluding carboxylic acids is 6. The van der Waals surface area contributed by atoms with Crippen molar-refractivity contribution in [1.82, 2.24) is 60.8 Å². The summed E-state index contributed by atoms with van der Waals surface area (Å²) in [5.74, 6) is -4.57. The number of pyridine rings is 1. The van der Waals surface area contributed by atoms with Crippen LogP contribution in [0.4, 0.5) is 13.2 Å². The molecule has 4 fully saturated rings. The number of carboxylic acid groups (broad SMARTS) is 1. The average Bonchev–Trinajstić information content (AvgIpc) is 0.868. The van der Waals surface area contributed by atoms with E-state index in [0.29, 0.717) is 175 Å². The summed E-state index contributed by atoms with van der Waals surface area (Å²) in [6.45, 7) is 12.8. The van der Waals surface area contributed by atoms with Gasteiger partial charge in [0.25, 0.3) is 0 Å². The van der Waals surface area contributed by atoms with Crippen molar-refractivity contribution in [3.8, 4) is 0 Å². The highest BCUT2D eigenvalue weighted by Crippen LogP contribution is 2.44. The van der Waals surface area contributed by atoms with Gasteiger partial charge in [-0.1, -0.05) is 93.9 Å². The molecule has 8 aliphatic heterocycles. The highest BCUT2D eigenvalue weighted by atomic mass is 35.5. The van der Waals surface area contributed by atoms with E-state index in [1.165, 1.54) is 82.7 Å². The van der Waals surface area contributed by atoms with Crippen LogP contribution in [0, 0.1) is 17.5 Å². The van der Waals surface area contributed by atoms with E-state index in [4.69, 9.17) is 134 Å². The van der Waals surface area contributed by atoms with Gasteiger partial charge in [-0.25, -0.2) is 52.3 Å². The van der Waals surface area contributed by atoms with E-state index in [9.17, 15) is 56.9 Å². The first kappa shape index (κ1) is 105. The number of aliphatic hydroxyl groups excluding tert-OH is 1. The van der Waals surface area contributed by atoms with Gasteiger partial charge >= 0.3 is 29.8 Å². The standard InChI is InChI=1S/C25H25ClF2N4O5.C22H23Cl2N5O4S.C22H24Cl2N4O4S.C22H23ClFN5O4S/c1-2-37-25(35)21-19(12-32-8-9-36-13-15(32)11-20(33)34)30-24(23-18(28)4-3-7-29-23)31-22(21)16-6-5-14(27)10-17(16)26;1-2-33-22(31)17-15(10-29-6-7-32-11-16(29)19(25)30)27-20(21-26-5-8-34-21)28-18(17)13-4-3-12(23)9-14(13)24;1-2-32-22(30)18-17(10-28-6-7-31-12-14(28)11-29)26-20(21-25-5-8-33-21)27-19(18)15-4-3-13(23)9-16(15)24;1-2-33-22(31)17-15(10-29-6-7-32-11-16(29)19(25)30)27-20(21-26-5-8-34-21)28-18(17)13-4-3-12(24)9-14(13)23/h3-7,10,15,22H,2,8-9,11-13H2,1H3,(H,30,31)(H,33,34);3-5,8-9,16,18H,2,6-7,10-11H2,1H3,(H2,25,30)(H,27,28);3-5,8-9,14,19,29H,2,6-7,10-12H2,1H3,(H,26,27);3-5,8-9,16,18H,2,6-7,10-11H2,1H3,(H2,25,30)(H,27,28). The number of thiazole rings is 3. The first-order valence-corrected chi connectivity index (χ1v) is 48.3. The number of morpholine rings is 4. The van der Waals surface area contributed by atoms with E-state index in [1.807, 2.05) is 25.5 Å². The van der Waals surface area contributed by atoms with Gasteiger partial charge in [0, 0.05) is 175 Å². The van der Waals surface area contributed by atoms with E-state index in [0.717, 1.165) is 6.07 Å². The number of rotatable bonds is 29. The van der Waals surface area contributed by atoms with Gasteiger partial charge in [-0.3, -0.25) is 54.0 Å². The molecule has 0 spiro atoms. The van der Waals surface area contributed by atoms with E-state index in [2.05, 4.69) is 51.1 Å². The maximum atomic E-state index is 14.7. The Hall–Kier alpha value is -10.8. The predicted octanol–water partition coefficient (Wildman–Crippen LogP) is 10.7. The van der Waals surface area contributed by atoms with Gasteiger partial charge in [-0.2, -0.15) is 0 Å². The summed E-state index contributed by atoms with van der Waals surface area (Å²) < 4.78 is 85.7. The number of amides is 2. The lowest BCUT2D eigenvalue weighted by Crippen LogP contribution is -2.54. The number of esters is 4. The Balaban J connectivity index is 0.000000155. The van der Waals surface area contributed by atoms with Crippen molar-refractivity contribution in [2.24, 2.45) is 31.4 Å². The number of hydrogen-bond donors (Lipinski definition) is 8. The summed E-state index contributed by atoms with van der Waals surface area (Å²) in [5, 5.41) is 41.3. The Bertz CT molecular complexity index is 5850. The molecule has 0 saturated carbocycles. The molecular weight excluding hydrogens is 1980 g/mol. The van der Waals surface area contributed by atoms with Crippen LogP contribution in [0.5, 0.6) is 0 Å². The number of primary amides is 2. The van der Waals surface area contributed by atoms with E-state index in [1.54, 1.807) is 88.1 Å². The maximum Gasteiger partial charge on any atom is 0.338 e. The number of amidine groups is 4. The molecule has 8 aromatic rings. The van der Waals surface area contributed by atoms with Crippen molar-refractivity contribution in [2.45, 2.75) is 82.5 Å². The fraction of sp³-hybridized carbons (Fsp3) is 0.374. The minimum atomic E-state index is -1.07. The molecule has 0 bridgehead atoms. The highest BCUT2D eigenvalue weighted by Gasteiger charge is 2.43. The van der Waals surface area contributed by atoms with Crippen molar-refractivity contribution in [1.29, 1.82) is 0 Å². The molecule has 0 radical (unpaired) electrons. The molecule has 2 amide bonds. The average molecular weight is 2080 g/mol. The van der Waals surface area contributed by atoms with E-state index >= 15 is 0 Å². The maximum absolute atomic E-state index is 14.7. The molecule has 4 aromatic carbocycles. The smallest absolute Gasteiger partial charge is 0.338 e. The van der Waals surface area contributed by atoms with Gasteiger partial charge < -0.3 is 80.8 Å². The summed E-state index contributed by atoms with van der Waals surface area (Å²) in [6, 6.07) is 15.0. The third-order valence-corrected chi connectivity index (χ3v) is 26.4. The molecule has 4 aromatic heterocycles. The van der Waals surface area contributed by atoms with Crippen LogP contribution in [0.2, 0.25) is 30.1 Å². The molecule has 12 heterocycles. The zero-order chi connectivity index (χ0) is 98.4. The summed E-state index contributed by atoms with van der Waals surface area (Å²) in [5.41, 5.74) is 16.0. The third kappa shape index (κ3) is 26.3. The normalized spacial score (nSPS) is 21.0. The molecule has 35 nitrogen and oxygen atoms in total. The van der Waals surface area contributed by atoms with E-state index in [-0.39, 0.29) is 118 Å². The Morgan fingerprint density at radius 3 is 1.09 bits per heavy atom. The number of nitrogens with two attached hydrogens (primary N) is 2. The molecule has 8 aliphatic rings. The summed E-state index contributed by atoms with van der Waals surface area (Å²) >= 11 is 42.3. The van der Waals surface area contributed by atoms with Crippen LogP contribution < -0.4 is 32.7 Å². The van der Waals surface area contributed by atoms with Crippen LogP contribution in [0.3, 0.4) is 0 Å². The quantitative estimate of drug-likeness (QED) is 0.0159. The van der Waals surface area contributed by atoms with Crippen LogP contribution in [0.1, 0.15) is 101 Å². The number of nitrogens with one attached hydrogen (secondary N) is 4. The molecule has 138 heavy (non-hydrogen) atoms. The Morgan fingerprint density at radius 2 is 0.761 bits per heavy atom. The van der Waals surface area contributed by atoms with Crippen LogP contribution in [0.15, 0.2) is 191 Å². The fourth-order valence-corrected chi connectivity index (χ4v) is 19.2. The van der Waals surface area contributed by atoms with Gasteiger partial charge in [0.05, 0.1) is 121 Å². The second-order valence-corrected chi connectivity index (χ2v) is 36.3. The number of carbonyl (C=O) groups is 7. The van der Waals surface area contributed by atoms with Gasteiger partial charge in [-0.15, -0.1) is 34.0 Å². The molecule has 732 valence electrons. The zero-order valence-electron chi connectivity index (χ0n) is 74.5. The second-order valence-electron chi connectivity index (χ2n) is 31.1. The van der Waals surface area contributed by atoms with Gasteiger partial charge in [0.1, 0.15) is 53.6 Å². The van der Waals surface area contributed by atoms with Crippen LogP contribution >= 0.6 is 104 Å². The SMILES string of the molecule is CCOC(=O)C1=C(CN2CCOCC2C(N)=O)NC(c2nccs2)=NC1c1ccc(Cl)cc1Cl.CCOC(=O)C1=C(CN2CCOCC2C(N)=O)NC(c2nccs2)=NC1c1ccc(F)cc1Cl.CCOC(=O)C1=C(CN2CCOCC2CC(=O)O)NC(c2ncccc2F)=NC1c1ccc(F)cc1Cl.CCOC(=O)C1=C(CN2CCOCC2CO)NC(c2nccs2)=NC1c1ccc(Cl)cc1Cl. The van der Waals surface area contributed by atoms with Gasteiger partial charge in [0.2, 0.25) is 11.8 Å². The lowest BCUT2D eigenvalue weighted by molar-refractivity contribution is -0.141. The first-order valence-electron chi connectivity index (χ1n) is 43.4. The Labute approximate surface area is 832 Å². The Kier molecular flexibility index (Phi) is 37.8. The number of hydrogen-bond acceptors (Lipinski definition) is 35. The number of aliphatic carboxylic acids is 1. The van der Waals surface area contributed by atoms with Crippen LogP contribution in [-0.4, -0.2) is 277 Å². The second kappa shape index (κ2) is 49.9. The highest BCUT2D eigenvalue weighted by molar-refractivity contribution is 7.12. The fourth-order valence-electron chi connectivity index (χ4n) is 15.8. The van der Waals surface area contributed by atoms with Crippen molar-refractivity contribution < 1.29 is 94.8 Å². The monoisotopic (exact) mass is 2070 g/mol. The lowest BCUT2D eigenvalue weighted by Gasteiger charge is -2.37. The van der Waals surface area contributed by atoms with Gasteiger partial charge in [-0.05, 0) is 88.4 Å². The lowest BCUT2D eigenvalue weighted by atomic mass is 9.94. The molecule has 47 heteroatoms. The molecule has 4 saturated heterocycles. The number of nitrogens with zero attached hydrogens (tertiary/aromatic N) is 12. The molecule has 8 unspecified atom stereocenters. The summed E-state index contributed by atoms with van der Waals surface area (Å²) in [7, 11) is 0. The minimum Gasteiger partial charge on any atom is -0.481 e. The summed E-state index contributed by atoms with van der Waals surface area (Å²) in [6.07, 6.45) is 6.23. The number of aliphatic imine (C=N–C) groups is 4. The number of benzene rings is 4. The number of carboxylic acids is 1. The number of halogens is 9. The van der Waals surface area contributed by atoms with Crippen LogP contribution in [-0.2, 0) is 71.5 Å². The van der Waals surface area contributed by atoms with Crippen molar-refractivity contribution in [2.75, 3.05) is 138 Å². The number of aliphatic hydroxyl groups is 1. The van der Waals surface area contributed by atoms with Crippen LogP contribution in [0.25, 0.3) is 0 Å². The first-order chi connectivity index (χ1) is 66.6. The number of ether oxygens (including phenoxy) is 8. The zero-order valence-corrected chi connectivity index (χ0v) is 81.5. The number of aromatic nitrogens is 4. The largest absolute Gasteiger partial charge is 0.481 e. The minimum absolute atomic E-state index is 0.0211.